The highest BCUT2D eigenvalue weighted by Gasteiger charge is 2.37. The SMILES string of the molecule is Cc1c(C(F)(F)F)nn(Cc2cccc(F)c2)c1Cl. The van der Waals surface area contributed by atoms with Gasteiger partial charge in [-0.05, 0) is 24.6 Å². The van der Waals surface area contributed by atoms with E-state index < -0.39 is 17.7 Å². The molecule has 0 aliphatic heterocycles. The zero-order valence-electron chi connectivity index (χ0n) is 9.80. The van der Waals surface area contributed by atoms with Gasteiger partial charge in [0.25, 0.3) is 0 Å². The normalized spacial score (nSPS) is 11.9. The first-order valence-corrected chi connectivity index (χ1v) is 5.71. The fourth-order valence-electron chi connectivity index (χ4n) is 1.71. The third-order valence-corrected chi connectivity index (χ3v) is 3.08. The van der Waals surface area contributed by atoms with Gasteiger partial charge < -0.3 is 0 Å². The average Bonchev–Trinajstić information content (AvgIpc) is 2.57. The van der Waals surface area contributed by atoms with Crippen molar-refractivity contribution in [2.75, 3.05) is 0 Å². The first-order chi connectivity index (χ1) is 8.79. The van der Waals surface area contributed by atoms with Crippen molar-refractivity contribution in [2.45, 2.75) is 19.6 Å². The first-order valence-electron chi connectivity index (χ1n) is 5.33. The summed E-state index contributed by atoms with van der Waals surface area (Å²) in [5.74, 6) is -0.464. The molecular weight excluding hydrogens is 284 g/mol. The number of nitrogens with zero attached hydrogens (tertiary/aromatic N) is 2. The van der Waals surface area contributed by atoms with E-state index in [0.717, 1.165) is 4.68 Å². The molecule has 0 fully saturated rings. The largest absolute Gasteiger partial charge is 0.435 e. The summed E-state index contributed by atoms with van der Waals surface area (Å²) in [6.45, 7) is 1.23. The van der Waals surface area contributed by atoms with Crippen LogP contribution in [0.5, 0.6) is 0 Å². The molecule has 0 amide bonds. The van der Waals surface area contributed by atoms with Crippen LogP contribution in [0.15, 0.2) is 24.3 Å². The molecule has 0 unspecified atom stereocenters. The fraction of sp³-hybridized carbons (Fsp3) is 0.250. The lowest BCUT2D eigenvalue weighted by atomic mass is 10.2. The third kappa shape index (κ3) is 2.89. The van der Waals surface area contributed by atoms with Crippen LogP contribution in [0.4, 0.5) is 17.6 Å². The molecule has 0 aliphatic rings. The number of hydrogen-bond acceptors (Lipinski definition) is 1. The second-order valence-electron chi connectivity index (χ2n) is 4.05. The molecule has 7 heteroatoms. The van der Waals surface area contributed by atoms with Crippen LogP contribution in [0.2, 0.25) is 5.15 Å². The van der Waals surface area contributed by atoms with E-state index in [9.17, 15) is 17.6 Å². The summed E-state index contributed by atoms with van der Waals surface area (Å²) < 4.78 is 52.0. The van der Waals surface area contributed by atoms with Crippen LogP contribution in [0.3, 0.4) is 0 Å². The molecular formula is C12H9ClF4N2. The van der Waals surface area contributed by atoms with Crippen molar-refractivity contribution in [3.05, 3.63) is 52.1 Å². The summed E-state index contributed by atoms with van der Waals surface area (Å²) in [5.41, 5.74) is -0.669. The number of aromatic nitrogens is 2. The minimum atomic E-state index is -4.55. The van der Waals surface area contributed by atoms with Gasteiger partial charge in [-0.2, -0.15) is 18.3 Å². The maximum absolute atomic E-state index is 13.0. The molecule has 1 heterocycles. The number of rotatable bonds is 2. The Morgan fingerprint density at radius 1 is 1.32 bits per heavy atom. The predicted octanol–water partition coefficient (Wildman–Crippen LogP) is 4.05. The Hall–Kier alpha value is -1.56. The lowest BCUT2D eigenvalue weighted by Gasteiger charge is -2.04. The molecule has 1 aromatic carbocycles. The van der Waals surface area contributed by atoms with E-state index in [-0.39, 0.29) is 17.3 Å². The van der Waals surface area contributed by atoms with E-state index in [1.165, 1.54) is 25.1 Å². The number of halogens is 5. The summed E-state index contributed by atoms with van der Waals surface area (Å²) in [5, 5.41) is 3.34. The average molecular weight is 293 g/mol. The van der Waals surface area contributed by atoms with Gasteiger partial charge >= 0.3 is 6.18 Å². The quantitative estimate of drug-likeness (QED) is 0.764. The van der Waals surface area contributed by atoms with Crippen molar-refractivity contribution in [1.29, 1.82) is 0 Å². The second-order valence-corrected chi connectivity index (χ2v) is 4.41. The molecule has 2 aromatic rings. The van der Waals surface area contributed by atoms with Crippen molar-refractivity contribution in [3.63, 3.8) is 0 Å². The Balaban J connectivity index is 2.37. The van der Waals surface area contributed by atoms with E-state index in [1.807, 2.05) is 0 Å². The van der Waals surface area contributed by atoms with E-state index in [2.05, 4.69) is 5.10 Å². The van der Waals surface area contributed by atoms with Crippen molar-refractivity contribution < 1.29 is 17.6 Å². The van der Waals surface area contributed by atoms with Gasteiger partial charge in [-0.3, -0.25) is 0 Å². The Kier molecular flexibility index (Phi) is 3.54. The maximum atomic E-state index is 13.0. The van der Waals surface area contributed by atoms with E-state index in [1.54, 1.807) is 6.07 Å². The fourth-order valence-corrected chi connectivity index (χ4v) is 1.90. The lowest BCUT2D eigenvalue weighted by molar-refractivity contribution is -0.141. The highest BCUT2D eigenvalue weighted by Crippen LogP contribution is 2.34. The van der Waals surface area contributed by atoms with Crippen LogP contribution in [0.25, 0.3) is 0 Å². The minimum absolute atomic E-state index is 0.0203. The molecule has 0 bridgehead atoms. The molecule has 0 saturated heterocycles. The number of alkyl halides is 3. The van der Waals surface area contributed by atoms with Gasteiger partial charge in [0.2, 0.25) is 0 Å². The van der Waals surface area contributed by atoms with Gasteiger partial charge in [0.1, 0.15) is 11.0 Å². The predicted molar refractivity (Wildman–Crippen MR) is 62.5 cm³/mol. The summed E-state index contributed by atoms with van der Waals surface area (Å²) in [7, 11) is 0. The van der Waals surface area contributed by atoms with Crippen molar-refractivity contribution in [3.8, 4) is 0 Å². The zero-order valence-corrected chi connectivity index (χ0v) is 10.6. The molecule has 2 rings (SSSR count). The molecule has 0 saturated carbocycles. The summed E-state index contributed by atoms with van der Waals surface area (Å²) in [6, 6.07) is 5.53. The van der Waals surface area contributed by atoms with Gasteiger partial charge in [0.15, 0.2) is 5.69 Å². The van der Waals surface area contributed by atoms with E-state index >= 15 is 0 Å². The van der Waals surface area contributed by atoms with Gasteiger partial charge in [-0.25, -0.2) is 9.07 Å². The van der Waals surface area contributed by atoms with Crippen LogP contribution >= 0.6 is 11.6 Å². The summed E-state index contributed by atoms with van der Waals surface area (Å²) in [4.78, 5) is 0. The highest BCUT2D eigenvalue weighted by atomic mass is 35.5. The van der Waals surface area contributed by atoms with Gasteiger partial charge in [-0.15, -0.1) is 0 Å². The Morgan fingerprint density at radius 2 is 2.00 bits per heavy atom. The zero-order chi connectivity index (χ0) is 14.2. The maximum Gasteiger partial charge on any atom is 0.435 e. The smallest absolute Gasteiger partial charge is 0.249 e. The second kappa shape index (κ2) is 4.85. The lowest BCUT2D eigenvalue weighted by Crippen LogP contribution is -2.09. The highest BCUT2D eigenvalue weighted by molar-refractivity contribution is 6.30. The third-order valence-electron chi connectivity index (χ3n) is 2.60. The standard InChI is InChI=1S/C12H9ClF4N2/c1-7-10(12(15,16)17)18-19(11(7)13)6-8-3-2-4-9(14)5-8/h2-5H,6H2,1H3. The topological polar surface area (TPSA) is 17.8 Å². The Labute approximate surface area is 111 Å². The molecule has 1 aromatic heterocycles. The first kappa shape index (κ1) is 13.9. The molecule has 0 aliphatic carbocycles. The van der Waals surface area contributed by atoms with E-state index in [0.29, 0.717) is 5.56 Å². The minimum Gasteiger partial charge on any atom is -0.249 e. The van der Waals surface area contributed by atoms with Gasteiger partial charge in [-0.1, -0.05) is 23.7 Å². The molecule has 0 radical (unpaired) electrons. The van der Waals surface area contributed by atoms with Crippen molar-refractivity contribution >= 4 is 11.6 Å². The Morgan fingerprint density at radius 3 is 2.53 bits per heavy atom. The van der Waals surface area contributed by atoms with Crippen LogP contribution in [0.1, 0.15) is 16.8 Å². The summed E-state index contributed by atoms with van der Waals surface area (Å²) in [6.07, 6.45) is -4.55. The van der Waals surface area contributed by atoms with Gasteiger partial charge in [0, 0.05) is 5.56 Å². The molecule has 19 heavy (non-hydrogen) atoms. The molecule has 102 valence electrons. The number of benzene rings is 1. The van der Waals surface area contributed by atoms with Crippen LogP contribution in [-0.2, 0) is 12.7 Å². The summed E-state index contributed by atoms with van der Waals surface area (Å²) >= 11 is 5.82. The van der Waals surface area contributed by atoms with Crippen molar-refractivity contribution in [2.24, 2.45) is 0 Å². The monoisotopic (exact) mass is 292 g/mol. The van der Waals surface area contributed by atoms with Gasteiger partial charge in [0.05, 0.1) is 6.54 Å². The molecule has 2 nitrogen and oxygen atoms in total. The number of hydrogen-bond donors (Lipinski definition) is 0. The Bertz CT molecular complexity index is 604. The van der Waals surface area contributed by atoms with Crippen LogP contribution < -0.4 is 0 Å². The van der Waals surface area contributed by atoms with Crippen LogP contribution in [0, 0.1) is 12.7 Å². The van der Waals surface area contributed by atoms with Crippen LogP contribution in [-0.4, -0.2) is 9.78 Å². The molecule has 0 N–H and O–H groups in total. The van der Waals surface area contributed by atoms with E-state index in [4.69, 9.17) is 11.6 Å². The van der Waals surface area contributed by atoms with Crippen molar-refractivity contribution in [1.82, 2.24) is 9.78 Å². The molecule has 0 spiro atoms. The molecule has 0 atom stereocenters.